The van der Waals surface area contributed by atoms with Gasteiger partial charge >= 0.3 is 0 Å². The summed E-state index contributed by atoms with van der Waals surface area (Å²) in [6.45, 7) is 3.60. The summed E-state index contributed by atoms with van der Waals surface area (Å²) in [6, 6.07) is 23.6. The molecule has 1 aliphatic heterocycles. The van der Waals surface area contributed by atoms with Crippen LogP contribution in [-0.4, -0.2) is 22.5 Å². The van der Waals surface area contributed by atoms with Crippen molar-refractivity contribution < 1.29 is 18.9 Å². The van der Waals surface area contributed by atoms with Gasteiger partial charge in [-0.25, -0.2) is 4.99 Å². The Morgan fingerprint density at radius 2 is 1.82 bits per heavy atom. The number of hydrogen-bond acceptors (Lipinski definition) is 8. The van der Waals surface area contributed by atoms with Crippen molar-refractivity contribution in [1.82, 2.24) is 4.57 Å². The van der Waals surface area contributed by atoms with E-state index in [1.54, 1.807) is 62.6 Å². The maximum atomic E-state index is 14.0. The largest absolute Gasteiger partial charge is 0.497 e. The first-order valence-corrected chi connectivity index (χ1v) is 14.4. The van der Waals surface area contributed by atoms with Crippen LogP contribution < -0.4 is 24.9 Å². The van der Waals surface area contributed by atoms with Crippen molar-refractivity contribution in [2.45, 2.75) is 19.9 Å². The third-order valence-electron chi connectivity index (χ3n) is 7.33. The molecule has 3 aromatic carbocycles. The van der Waals surface area contributed by atoms with Crippen molar-refractivity contribution in [2.24, 2.45) is 4.99 Å². The number of furan rings is 1. The molecular weight excluding hydrogens is 580 g/mol. The summed E-state index contributed by atoms with van der Waals surface area (Å²) in [6.07, 6.45) is 1.62. The van der Waals surface area contributed by atoms with E-state index in [-0.39, 0.29) is 17.2 Å². The summed E-state index contributed by atoms with van der Waals surface area (Å²) in [7, 11) is 1.57. The molecule has 220 valence electrons. The molecule has 0 spiro atoms. The summed E-state index contributed by atoms with van der Waals surface area (Å²) in [5.41, 5.74) is 3.20. The molecule has 44 heavy (non-hydrogen) atoms. The van der Waals surface area contributed by atoms with E-state index in [4.69, 9.17) is 9.15 Å². The number of nitro groups is 1. The van der Waals surface area contributed by atoms with Crippen LogP contribution in [0.5, 0.6) is 5.75 Å². The Morgan fingerprint density at radius 3 is 2.52 bits per heavy atom. The molecule has 0 saturated heterocycles. The molecule has 11 heteroatoms. The number of benzene rings is 3. The highest BCUT2D eigenvalue weighted by atomic mass is 32.1. The number of non-ortho nitro benzene ring substituents is 1. The van der Waals surface area contributed by atoms with Gasteiger partial charge < -0.3 is 14.5 Å². The van der Waals surface area contributed by atoms with Crippen molar-refractivity contribution in [2.75, 3.05) is 12.4 Å². The van der Waals surface area contributed by atoms with Crippen molar-refractivity contribution >= 4 is 34.7 Å². The van der Waals surface area contributed by atoms with Crippen molar-refractivity contribution in [3.8, 4) is 17.1 Å². The zero-order valence-electron chi connectivity index (χ0n) is 23.9. The number of ether oxygens (including phenoxy) is 1. The second-order valence-corrected chi connectivity index (χ2v) is 11.1. The number of fused-ring (bicyclic) bond motifs is 1. The molecular formula is C33H26N4O6S. The second-order valence-electron chi connectivity index (χ2n) is 10.1. The zero-order valence-corrected chi connectivity index (χ0v) is 24.8. The van der Waals surface area contributed by atoms with Gasteiger partial charge in [0.05, 0.1) is 33.9 Å². The fourth-order valence-electron chi connectivity index (χ4n) is 5.13. The topological polar surface area (TPSA) is 129 Å². The third-order valence-corrected chi connectivity index (χ3v) is 8.31. The minimum Gasteiger partial charge on any atom is -0.497 e. The van der Waals surface area contributed by atoms with E-state index >= 15 is 0 Å². The van der Waals surface area contributed by atoms with Gasteiger partial charge in [0.2, 0.25) is 0 Å². The van der Waals surface area contributed by atoms with Crippen LogP contribution in [0.2, 0.25) is 0 Å². The van der Waals surface area contributed by atoms with Gasteiger partial charge in [-0.2, -0.15) is 0 Å². The number of anilines is 1. The smallest absolute Gasteiger partial charge is 0.271 e. The lowest BCUT2D eigenvalue weighted by Gasteiger charge is -2.25. The van der Waals surface area contributed by atoms with Crippen molar-refractivity contribution in [3.05, 3.63) is 143 Å². The zero-order chi connectivity index (χ0) is 31.0. The van der Waals surface area contributed by atoms with Crippen LogP contribution in [0, 0.1) is 17.0 Å². The Balaban J connectivity index is 1.44. The highest BCUT2D eigenvalue weighted by Gasteiger charge is 2.32. The van der Waals surface area contributed by atoms with Gasteiger partial charge in [-0.05, 0) is 61.4 Å². The molecule has 0 saturated carbocycles. The molecule has 1 N–H and O–H groups in total. The maximum absolute atomic E-state index is 14.0. The van der Waals surface area contributed by atoms with Crippen LogP contribution in [-0.2, 0) is 4.79 Å². The number of methoxy groups -OCH3 is 1. The number of thiazole rings is 1. The van der Waals surface area contributed by atoms with Gasteiger partial charge in [-0.3, -0.25) is 24.3 Å². The molecule has 5 aromatic rings. The minimum atomic E-state index is -0.748. The molecule has 10 nitrogen and oxygen atoms in total. The number of nitrogens with one attached hydrogen (secondary N) is 1. The van der Waals surface area contributed by atoms with E-state index in [9.17, 15) is 19.7 Å². The van der Waals surface area contributed by atoms with Crippen LogP contribution in [0.1, 0.15) is 29.9 Å². The second kappa shape index (κ2) is 11.6. The van der Waals surface area contributed by atoms with Gasteiger partial charge in [0.25, 0.3) is 17.2 Å². The SMILES string of the molecule is COc1ccc([C@H]2C(C(=O)Nc3ccccc3)=C(C)N=c3s/c(=C/c4ccc(-c5cc([N+](=O)[O-])ccc5C)o4)c(=O)n32)cc1. The van der Waals surface area contributed by atoms with Gasteiger partial charge in [-0.1, -0.05) is 47.7 Å². The normalized spacial score (nSPS) is 14.6. The van der Waals surface area contributed by atoms with Gasteiger partial charge in [0.1, 0.15) is 17.3 Å². The number of carbonyl (C=O) groups is 1. The van der Waals surface area contributed by atoms with Crippen LogP contribution in [0.15, 0.2) is 110 Å². The molecule has 3 heterocycles. The Bertz CT molecular complexity index is 2130. The first-order chi connectivity index (χ1) is 21.2. The Labute approximate surface area is 255 Å². The molecule has 0 aliphatic carbocycles. The summed E-state index contributed by atoms with van der Waals surface area (Å²) in [5.74, 6) is 1.12. The lowest BCUT2D eigenvalue weighted by molar-refractivity contribution is -0.384. The van der Waals surface area contributed by atoms with E-state index in [1.165, 1.54) is 28.0 Å². The van der Waals surface area contributed by atoms with E-state index in [0.717, 1.165) is 5.56 Å². The van der Waals surface area contributed by atoms with Crippen molar-refractivity contribution in [1.29, 1.82) is 0 Å². The quantitative estimate of drug-likeness (QED) is 0.196. The van der Waals surface area contributed by atoms with E-state index in [1.807, 2.05) is 37.3 Å². The maximum Gasteiger partial charge on any atom is 0.271 e. The molecule has 1 amide bonds. The van der Waals surface area contributed by atoms with Gasteiger partial charge in [-0.15, -0.1) is 0 Å². The molecule has 1 aliphatic rings. The summed E-state index contributed by atoms with van der Waals surface area (Å²) in [5, 5.41) is 14.2. The third kappa shape index (κ3) is 5.36. The Hall–Kier alpha value is -5.55. The van der Waals surface area contributed by atoms with E-state index < -0.39 is 11.0 Å². The number of para-hydroxylation sites is 1. The molecule has 0 unspecified atom stereocenters. The first-order valence-electron chi connectivity index (χ1n) is 13.6. The predicted molar refractivity (Wildman–Crippen MR) is 167 cm³/mol. The fourth-order valence-corrected chi connectivity index (χ4v) is 6.15. The highest BCUT2D eigenvalue weighted by Crippen LogP contribution is 2.32. The lowest BCUT2D eigenvalue weighted by Crippen LogP contribution is -2.40. The highest BCUT2D eigenvalue weighted by molar-refractivity contribution is 7.07. The summed E-state index contributed by atoms with van der Waals surface area (Å²) in [4.78, 5) is 43.7. The predicted octanol–water partition coefficient (Wildman–Crippen LogP) is 5.36. The number of hydrogen-bond donors (Lipinski definition) is 1. The monoisotopic (exact) mass is 606 g/mol. The summed E-state index contributed by atoms with van der Waals surface area (Å²) < 4.78 is 13.2. The number of carbonyl (C=O) groups excluding carboxylic acids is 1. The summed E-state index contributed by atoms with van der Waals surface area (Å²) >= 11 is 1.19. The number of nitro benzene ring substituents is 1. The molecule has 0 radical (unpaired) electrons. The number of aromatic nitrogens is 1. The van der Waals surface area contributed by atoms with E-state index in [2.05, 4.69) is 10.3 Å². The van der Waals surface area contributed by atoms with Crippen LogP contribution in [0.3, 0.4) is 0 Å². The molecule has 0 bridgehead atoms. The first kappa shape index (κ1) is 28.6. The van der Waals surface area contributed by atoms with Crippen LogP contribution >= 0.6 is 11.3 Å². The fraction of sp³-hybridized carbons (Fsp3) is 0.121. The Morgan fingerprint density at radius 1 is 1.07 bits per heavy atom. The number of allylic oxidation sites excluding steroid dienone is 1. The number of aryl methyl sites for hydroxylation is 1. The number of amides is 1. The molecule has 6 rings (SSSR count). The Kier molecular flexibility index (Phi) is 7.54. The number of nitrogens with zero attached hydrogens (tertiary/aromatic N) is 3. The molecule has 1 atom stereocenters. The van der Waals surface area contributed by atoms with Gasteiger partial charge in [0, 0.05) is 29.5 Å². The average molecular weight is 607 g/mol. The minimum absolute atomic E-state index is 0.0436. The molecule has 0 fully saturated rings. The van der Waals surface area contributed by atoms with Gasteiger partial charge in [0.15, 0.2) is 4.80 Å². The van der Waals surface area contributed by atoms with Crippen LogP contribution in [0.25, 0.3) is 17.4 Å². The molecule has 2 aromatic heterocycles. The lowest BCUT2D eigenvalue weighted by atomic mass is 9.95. The standard InChI is InChI=1S/C33H26N4O6S/c1-19-9-12-23(37(40)41)17-26(19)27-16-15-25(43-27)18-28-32(39)36-30(21-10-13-24(42-3)14-11-21)29(20(2)34-33(36)44-28)31(38)35-22-7-5-4-6-8-22/h4-18,30H,1-3H3,(H,35,38)/b28-18+/t30-/m0/s1. The van der Waals surface area contributed by atoms with Crippen molar-refractivity contribution in [3.63, 3.8) is 0 Å². The average Bonchev–Trinajstić information content (AvgIpc) is 3.61. The number of rotatable bonds is 7. The van der Waals surface area contributed by atoms with E-state index in [0.29, 0.717) is 54.7 Å². The van der Waals surface area contributed by atoms with Crippen LogP contribution in [0.4, 0.5) is 11.4 Å².